The highest BCUT2D eigenvalue weighted by atomic mass is 19.2. The lowest BCUT2D eigenvalue weighted by Gasteiger charge is -2.40. The zero-order valence-electron chi connectivity index (χ0n) is 22.1. The Bertz CT molecular complexity index is 1300. The molecule has 0 radical (unpaired) electrons. The van der Waals surface area contributed by atoms with Crippen LogP contribution in [0.1, 0.15) is 64.6 Å². The average molecular weight is 504 g/mol. The maximum Gasteiger partial charge on any atom is 0.229 e. The molecule has 1 aliphatic carbocycles. The molecule has 4 nitrogen and oxygen atoms in total. The van der Waals surface area contributed by atoms with E-state index in [9.17, 15) is 13.6 Å². The minimum absolute atomic E-state index is 0.0291. The van der Waals surface area contributed by atoms with E-state index in [2.05, 4.69) is 38.0 Å². The molecule has 1 aliphatic rings. The fraction of sp³-hybridized carbons (Fsp3) is 0.387. The predicted molar refractivity (Wildman–Crippen MR) is 144 cm³/mol. The van der Waals surface area contributed by atoms with E-state index in [1.54, 1.807) is 6.20 Å². The number of anilines is 1. The first-order chi connectivity index (χ1) is 17.6. The van der Waals surface area contributed by atoms with Crippen LogP contribution in [0.5, 0.6) is 0 Å². The molecule has 0 aliphatic heterocycles. The summed E-state index contributed by atoms with van der Waals surface area (Å²) in [6, 6.07) is 13.4. The molecule has 0 saturated heterocycles. The third-order valence-corrected chi connectivity index (χ3v) is 7.30. The lowest BCUT2D eigenvalue weighted by Crippen LogP contribution is -2.30. The van der Waals surface area contributed by atoms with Crippen molar-refractivity contribution in [3.63, 3.8) is 0 Å². The van der Waals surface area contributed by atoms with Gasteiger partial charge in [0.05, 0.1) is 24.0 Å². The Kier molecular flexibility index (Phi) is 8.16. The molecule has 4 rings (SSSR count). The molecule has 3 aromatic rings. The van der Waals surface area contributed by atoms with Crippen molar-refractivity contribution >= 4 is 11.7 Å². The Labute approximate surface area is 218 Å². The van der Waals surface area contributed by atoms with Gasteiger partial charge in [0.25, 0.3) is 0 Å². The van der Waals surface area contributed by atoms with E-state index >= 15 is 0 Å². The number of benzene rings is 2. The lowest BCUT2D eigenvalue weighted by molar-refractivity contribution is -0.115. The molecule has 6 heteroatoms. The van der Waals surface area contributed by atoms with E-state index in [0.29, 0.717) is 23.7 Å². The van der Waals surface area contributed by atoms with Gasteiger partial charge in [-0.25, -0.2) is 18.7 Å². The lowest BCUT2D eigenvalue weighted by atomic mass is 9.65. The van der Waals surface area contributed by atoms with Crippen molar-refractivity contribution < 1.29 is 13.6 Å². The summed E-state index contributed by atoms with van der Waals surface area (Å²) in [5.74, 6) is -1.30. The summed E-state index contributed by atoms with van der Waals surface area (Å²) in [6.45, 7) is 8.94. The molecule has 0 fully saturated rings. The number of nitrogens with one attached hydrogen (secondary N) is 1. The van der Waals surface area contributed by atoms with Gasteiger partial charge in [-0.15, -0.1) is 0 Å². The summed E-state index contributed by atoms with van der Waals surface area (Å²) < 4.78 is 27.0. The predicted octanol–water partition coefficient (Wildman–Crippen LogP) is 7.70. The number of allylic oxidation sites excluding steroid dienone is 2. The van der Waals surface area contributed by atoms with Crippen LogP contribution >= 0.6 is 0 Å². The van der Waals surface area contributed by atoms with Crippen molar-refractivity contribution in [3.8, 4) is 11.3 Å². The standard InChI is InChI=1S/C31H35F2N3O/c1-20(2)16-31(13-12-21(3)22(4)17-31)18-27-30(34-19-28(35-27)24-8-6-5-7-9-24)36-29(37)15-23-10-11-25(32)26(33)14-23/h5-11,14,19-20H,12-13,15-18H2,1-4H3,(H,34,36,37). The maximum absolute atomic E-state index is 13.7. The molecule has 1 heterocycles. The van der Waals surface area contributed by atoms with E-state index in [1.165, 1.54) is 17.2 Å². The van der Waals surface area contributed by atoms with Crippen LogP contribution in [-0.2, 0) is 17.6 Å². The minimum atomic E-state index is -0.968. The Morgan fingerprint density at radius 3 is 2.49 bits per heavy atom. The molecule has 0 saturated carbocycles. The van der Waals surface area contributed by atoms with Crippen molar-refractivity contribution in [2.75, 3.05) is 5.32 Å². The van der Waals surface area contributed by atoms with Crippen molar-refractivity contribution in [2.45, 2.75) is 66.2 Å². The van der Waals surface area contributed by atoms with E-state index in [4.69, 9.17) is 4.98 Å². The van der Waals surface area contributed by atoms with Crippen LogP contribution in [-0.4, -0.2) is 15.9 Å². The van der Waals surface area contributed by atoms with Gasteiger partial charge >= 0.3 is 0 Å². The molecule has 1 atom stereocenters. The minimum Gasteiger partial charge on any atom is -0.309 e. The summed E-state index contributed by atoms with van der Waals surface area (Å²) >= 11 is 0. The van der Waals surface area contributed by atoms with E-state index in [-0.39, 0.29) is 17.7 Å². The molecule has 0 bridgehead atoms. The molecular weight excluding hydrogens is 468 g/mol. The van der Waals surface area contributed by atoms with Gasteiger partial charge in [-0.1, -0.05) is 61.4 Å². The number of rotatable bonds is 8. The van der Waals surface area contributed by atoms with Crippen LogP contribution < -0.4 is 5.32 Å². The molecule has 1 aromatic heterocycles. The number of aromatic nitrogens is 2. The van der Waals surface area contributed by atoms with Gasteiger partial charge in [0.15, 0.2) is 17.5 Å². The molecule has 194 valence electrons. The van der Waals surface area contributed by atoms with Crippen LogP contribution in [0.3, 0.4) is 0 Å². The van der Waals surface area contributed by atoms with Crippen molar-refractivity contribution in [2.24, 2.45) is 11.3 Å². The number of hydrogen-bond donors (Lipinski definition) is 1. The van der Waals surface area contributed by atoms with E-state index < -0.39 is 11.6 Å². The zero-order chi connectivity index (χ0) is 26.6. The summed E-state index contributed by atoms with van der Waals surface area (Å²) in [5, 5.41) is 2.91. The van der Waals surface area contributed by atoms with Crippen LogP contribution in [0.2, 0.25) is 0 Å². The summed E-state index contributed by atoms with van der Waals surface area (Å²) in [7, 11) is 0. The first-order valence-corrected chi connectivity index (χ1v) is 12.9. The quantitative estimate of drug-likeness (QED) is 0.321. The fourth-order valence-electron chi connectivity index (χ4n) is 5.50. The van der Waals surface area contributed by atoms with E-state index in [0.717, 1.165) is 54.8 Å². The second kappa shape index (κ2) is 11.3. The van der Waals surface area contributed by atoms with Gasteiger partial charge < -0.3 is 5.32 Å². The number of halogens is 2. The highest BCUT2D eigenvalue weighted by molar-refractivity contribution is 5.92. The van der Waals surface area contributed by atoms with Crippen LogP contribution in [0.25, 0.3) is 11.3 Å². The third-order valence-electron chi connectivity index (χ3n) is 7.30. The molecule has 1 N–H and O–H groups in total. The molecule has 1 amide bonds. The van der Waals surface area contributed by atoms with Gasteiger partial charge in [0.2, 0.25) is 5.91 Å². The average Bonchev–Trinajstić information content (AvgIpc) is 2.85. The SMILES string of the molecule is CC1=C(C)CC(Cc2nc(-c3ccccc3)cnc2NC(=O)Cc2ccc(F)c(F)c2)(CC(C)C)CC1. The summed E-state index contributed by atoms with van der Waals surface area (Å²) in [4.78, 5) is 22.6. The Morgan fingerprint density at radius 2 is 1.81 bits per heavy atom. The number of carbonyl (C=O) groups is 1. The van der Waals surface area contributed by atoms with E-state index in [1.807, 2.05) is 30.3 Å². The smallest absolute Gasteiger partial charge is 0.229 e. The normalized spacial score (nSPS) is 17.8. The monoisotopic (exact) mass is 503 g/mol. The molecular formula is C31H35F2N3O. The maximum atomic E-state index is 13.7. The van der Waals surface area contributed by atoms with Crippen molar-refractivity contribution in [1.29, 1.82) is 0 Å². The second-order valence-electron chi connectivity index (χ2n) is 10.9. The molecule has 1 unspecified atom stereocenters. The molecule has 37 heavy (non-hydrogen) atoms. The summed E-state index contributed by atoms with van der Waals surface area (Å²) in [5.41, 5.74) is 5.80. The molecule has 2 aromatic carbocycles. The third kappa shape index (κ3) is 6.68. The number of hydrogen-bond acceptors (Lipinski definition) is 3. The van der Waals surface area contributed by atoms with Gasteiger partial charge in [-0.05, 0) is 75.0 Å². The summed E-state index contributed by atoms with van der Waals surface area (Å²) in [6.07, 6.45) is 6.46. The largest absolute Gasteiger partial charge is 0.309 e. The van der Waals surface area contributed by atoms with Gasteiger partial charge in [0, 0.05) is 5.56 Å². The Hall–Kier alpha value is -3.41. The van der Waals surface area contributed by atoms with Crippen molar-refractivity contribution in [1.82, 2.24) is 9.97 Å². The van der Waals surface area contributed by atoms with Gasteiger partial charge in [-0.3, -0.25) is 4.79 Å². The molecule has 0 spiro atoms. The Morgan fingerprint density at radius 1 is 1.05 bits per heavy atom. The highest BCUT2D eigenvalue weighted by Gasteiger charge is 2.36. The number of carbonyl (C=O) groups excluding carboxylic acids is 1. The number of nitrogens with zero attached hydrogens (tertiary/aromatic N) is 2. The number of amides is 1. The Balaban J connectivity index is 1.67. The zero-order valence-corrected chi connectivity index (χ0v) is 22.1. The first-order valence-electron chi connectivity index (χ1n) is 12.9. The van der Waals surface area contributed by atoms with Crippen LogP contribution in [0.15, 0.2) is 65.9 Å². The van der Waals surface area contributed by atoms with Crippen LogP contribution in [0, 0.1) is 23.0 Å². The topological polar surface area (TPSA) is 54.9 Å². The highest BCUT2D eigenvalue weighted by Crippen LogP contribution is 2.46. The second-order valence-corrected chi connectivity index (χ2v) is 10.9. The van der Waals surface area contributed by atoms with Crippen molar-refractivity contribution in [3.05, 3.63) is 88.8 Å². The van der Waals surface area contributed by atoms with Gasteiger partial charge in [-0.2, -0.15) is 0 Å². The van der Waals surface area contributed by atoms with Gasteiger partial charge in [0.1, 0.15) is 0 Å². The van der Waals surface area contributed by atoms with Crippen LogP contribution in [0.4, 0.5) is 14.6 Å². The fourth-order valence-corrected chi connectivity index (χ4v) is 5.50. The first kappa shape index (κ1) is 26.6.